The first-order chi connectivity index (χ1) is 9.75. The van der Waals surface area contributed by atoms with Gasteiger partial charge in [0.05, 0.1) is 11.4 Å². The van der Waals surface area contributed by atoms with Crippen molar-refractivity contribution in [3.05, 3.63) is 18.2 Å². The molecule has 2 atom stereocenters. The zero-order valence-corrected chi connectivity index (χ0v) is 13.0. The number of amides is 1. The van der Waals surface area contributed by atoms with Crippen LogP contribution in [0, 0.1) is 11.3 Å². The van der Waals surface area contributed by atoms with Crippen LogP contribution < -0.4 is 21.5 Å². The highest BCUT2D eigenvalue weighted by molar-refractivity contribution is 5.72. The SMILES string of the molecule is C[C@@H]1C[C@H](Nc2ccc(OC(N)=O)cc2N)CC(C)(C)C1. The smallest absolute Gasteiger partial charge is 0.409 e. The lowest BCUT2D eigenvalue weighted by Crippen LogP contribution is -2.35. The summed E-state index contributed by atoms with van der Waals surface area (Å²) in [4.78, 5) is 10.7. The van der Waals surface area contributed by atoms with E-state index in [2.05, 4.69) is 26.1 Å². The fourth-order valence-electron chi connectivity index (χ4n) is 3.53. The molecule has 116 valence electrons. The number of rotatable bonds is 3. The standard InChI is InChI=1S/C16H25N3O2/c1-10-6-11(9-16(2,3)8-10)19-14-5-4-12(7-13(14)17)21-15(18)20/h4-5,7,10-11,19H,6,8-9,17H2,1-3H3,(H2,18,20)/t10-,11+/m1/s1. The van der Waals surface area contributed by atoms with E-state index in [0.29, 0.717) is 28.8 Å². The van der Waals surface area contributed by atoms with Gasteiger partial charge in [0.25, 0.3) is 0 Å². The molecule has 1 aromatic carbocycles. The number of primary amides is 1. The summed E-state index contributed by atoms with van der Waals surface area (Å²) < 4.78 is 4.82. The molecule has 5 heteroatoms. The lowest BCUT2D eigenvalue weighted by atomic mass is 9.70. The van der Waals surface area contributed by atoms with Gasteiger partial charge >= 0.3 is 6.09 Å². The van der Waals surface area contributed by atoms with Gasteiger partial charge in [-0.1, -0.05) is 20.8 Å². The van der Waals surface area contributed by atoms with Gasteiger partial charge in [-0.15, -0.1) is 0 Å². The van der Waals surface area contributed by atoms with Gasteiger partial charge in [-0.3, -0.25) is 0 Å². The summed E-state index contributed by atoms with van der Waals surface area (Å²) in [6.07, 6.45) is 2.68. The van der Waals surface area contributed by atoms with Crippen molar-refractivity contribution in [1.82, 2.24) is 0 Å². The highest BCUT2D eigenvalue weighted by Gasteiger charge is 2.32. The van der Waals surface area contributed by atoms with Crippen LogP contribution in [0.15, 0.2) is 18.2 Å². The monoisotopic (exact) mass is 291 g/mol. The van der Waals surface area contributed by atoms with Gasteiger partial charge < -0.3 is 21.5 Å². The molecule has 0 saturated heterocycles. The van der Waals surface area contributed by atoms with Crippen molar-refractivity contribution in [3.63, 3.8) is 0 Å². The number of nitrogen functional groups attached to an aromatic ring is 1. The molecule has 0 spiro atoms. The van der Waals surface area contributed by atoms with Gasteiger partial charge in [0.2, 0.25) is 0 Å². The molecule has 0 heterocycles. The van der Waals surface area contributed by atoms with Crippen LogP contribution in [0.1, 0.15) is 40.0 Å². The normalized spacial score (nSPS) is 24.3. The highest BCUT2D eigenvalue weighted by atomic mass is 16.5. The first-order valence-electron chi connectivity index (χ1n) is 7.38. The first kappa shape index (κ1) is 15.5. The molecule has 1 aromatic rings. The van der Waals surface area contributed by atoms with E-state index in [4.69, 9.17) is 16.2 Å². The maximum atomic E-state index is 10.7. The van der Waals surface area contributed by atoms with E-state index in [1.807, 2.05) is 6.07 Å². The quantitative estimate of drug-likeness (QED) is 0.745. The summed E-state index contributed by atoms with van der Waals surface area (Å²) in [7, 11) is 0. The van der Waals surface area contributed by atoms with Crippen LogP contribution in [0.2, 0.25) is 0 Å². The Kier molecular flexibility index (Phi) is 4.30. The minimum atomic E-state index is -0.835. The number of nitrogens with two attached hydrogens (primary N) is 2. The Morgan fingerprint density at radius 3 is 2.67 bits per heavy atom. The largest absolute Gasteiger partial charge is 0.410 e. The molecule has 1 aliphatic carbocycles. The molecule has 21 heavy (non-hydrogen) atoms. The van der Waals surface area contributed by atoms with Gasteiger partial charge in [0, 0.05) is 12.1 Å². The number of anilines is 2. The maximum absolute atomic E-state index is 10.7. The maximum Gasteiger partial charge on any atom is 0.409 e. The third-order valence-electron chi connectivity index (χ3n) is 3.99. The zero-order chi connectivity index (χ0) is 15.6. The van der Waals surface area contributed by atoms with Crippen LogP contribution in [0.3, 0.4) is 0 Å². The van der Waals surface area contributed by atoms with E-state index in [0.717, 1.165) is 18.5 Å². The fraction of sp³-hybridized carbons (Fsp3) is 0.562. The molecule has 0 radical (unpaired) electrons. The van der Waals surface area contributed by atoms with Crippen LogP contribution in [-0.2, 0) is 0 Å². The molecule has 0 aliphatic heterocycles. The van der Waals surface area contributed by atoms with Gasteiger partial charge in [-0.2, -0.15) is 0 Å². The average molecular weight is 291 g/mol. The summed E-state index contributed by atoms with van der Waals surface area (Å²) in [5, 5.41) is 3.52. The van der Waals surface area contributed by atoms with E-state index in [-0.39, 0.29) is 0 Å². The number of hydrogen-bond acceptors (Lipinski definition) is 4. The summed E-state index contributed by atoms with van der Waals surface area (Å²) in [6.45, 7) is 6.91. The Balaban J connectivity index is 2.07. The number of carbonyl (C=O) groups is 1. The van der Waals surface area contributed by atoms with Crippen molar-refractivity contribution in [2.75, 3.05) is 11.1 Å². The Labute approximate surface area is 126 Å². The van der Waals surface area contributed by atoms with Crippen molar-refractivity contribution in [3.8, 4) is 5.75 Å². The van der Waals surface area contributed by atoms with E-state index in [1.54, 1.807) is 12.1 Å². The Morgan fingerprint density at radius 2 is 2.10 bits per heavy atom. The first-order valence-corrected chi connectivity index (χ1v) is 7.38. The van der Waals surface area contributed by atoms with Crippen LogP contribution in [0.25, 0.3) is 0 Å². The second-order valence-electron chi connectivity index (χ2n) is 6.92. The number of nitrogens with one attached hydrogen (secondary N) is 1. The second kappa shape index (κ2) is 5.84. The number of hydrogen-bond donors (Lipinski definition) is 3. The molecule has 2 rings (SSSR count). The molecule has 0 unspecified atom stereocenters. The van der Waals surface area contributed by atoms with E-state index >= 15 is 0 Å². The molecule has 1 amide bonds. The Morgan fingerprint density at radius 1 is 1.38 bits per heavy atom. The Bertz CT molecular complexity index is 528. The molecule has 1 aliphatic rings. The summed E-state index contributed by atoms with van der Waals surface area (Å²) in [5.74, 6) is 1.06. The van der Waals surface area contributed by atoms with Gasteiger partial charge in [-0.25, -0.2) is 4.79 Å². The van der Waals surface area contributed by atoms with Crippen molar-refractivity contribution < 1.29 is 9.53 Å². The molecule has 0 aromatic heterocycles. The van der Waals surface area contributed by atoms with Crippen molar-refractivity contribution in [1.29, 1.82) is 0 Å². The van der Waals surface area contributed by atoms with Crippen LogP contribution >= 0.6 is 0 Å². The van der Waals surface area contributed by atoms with Gasteiger partial charge in [0.15, 0.2) is 0 Å². The van der Waals surface area contributed by atoms with Crippen molar-refractivity contribution in [2.24, 2.45) is 17.1 Å². The fourth-order valence-corrected chi connectivity index (χ4v) is 3.53. The molecule has 1 saturated carbocycles. The predicted octanol–water partition coefficient (Wildman–Crippen LogP) is 3.35. The van der Waals surface area contributed by atoms with Crippen LogP contribution in [-0.4, -0.2) is 12.1 Å². The molecule has 0 bridgehead atoms. The topological polar surface area (TPSA) is 90.4 Å². The molecular formula is C16H25N3O2. The van der Waals surface area contributed by atoms with Crippen molar-refractivity contribution in [2.45, 2.75) is 46.1 Å². The van der Waals surface area contributed by atoms with Crippen LogP contribution in [0.4, 0.5) is 16.2 Å². The second-order valence-corrected chi connectivity index (χ2v) is 6.92. The number of carbonyl (C=O) groups excluding carboxylic acids is 1. The van der Waals surface area contributed by atoms with E-state index in [9.17, 15) is 4.79 Å². The average Bonchev–Trinajstić information content (AvgIpc) is 2.29. The predicted molar refractivity (Wildman–Crippen MR) is 85.3 cm³/mol. The number of ether oxygens (including phenoxy) is 1. The third kappa shape index (κ3) is 4.28. The lowest BCUT2D eigenvalue weighted by Gasteiger charge is -2.39. The zero-order valence-electron chi connectivity index (χ0n) is 13.0. The van der Waals surface area contributed by atoms with Gasteiger partial charge in [0.1, 0.15) is 5.75 Å². The van der Waals surface area contributed by atoms with Gasteiger partial charge in [-0.05, 0) is 42.7 Å². The minimum absolute atomic E-state index is 0.346. The lowest BCUT2D eigenvalue weighted by molar-refractivity contribution is 0.178. The summed E-state index contributed by atoms with van der Waals surface area (Å²) >= 11 is 0. The Hall–Kier alpha value is -1.91. The number of benzene rings is 1. The third-order valence-corrected chi connectivity index (χ3v) is 3.99. The molecule has 5 N–H and O–H groups in total. The molecular weight excluding hydrogens is 266 g/mol. The van der Waals surface area contributed by atoms with E-state index < -0.39 is 6.09 Å². The summed E-state index contributed by atoms with van der Waals surface area (Å²) in [6, 6.07) is 5.56. The molecule has 5 nitrogen and oxygen atoms in total. The molecule has 1 fully saturated rings. The summed E-state index contributed by atoms with van der Waals surface area (Å²) in [5.41, 5.74) is 12.8. The van der Waals surface area contributed by atoms with Crippen LogP contribution in [0.5, 0.6) is 5.75 Å². The van der Waals surface area contributed by atoms with E-state index in [1.165, 1.54) is 6.42 Å². The minimum Gasteiger partial charge on any atom is -0.410 e. The van der Waals surface area contributed by atoms with Crippen molar-refractivity contribution >= 4 is 17.5 Å². The highest BCUT2D eigenvalue weighted by Crippen LogP contribution is 2.40.